The predicted molar refractivity (Wildman–Crippen MR) is 115 cm³/mol. The molecular formula is C21H25N3O5S. The molecule has 2 aromatic rings. The van der Waals surface area contributed by atoms with Crippen molar-refractivity contribution in [1.82, 2.24) is 5.32 Å². The average molecular weight is 432 g/mol. The van der Waals surface area contributed by atoms with Gasteiger partial charge in [0.1, 0.15) is 6.04 Å². The van der Waals surface area contributed by atoms with Crippen LogP contribution in [0.3, 0.4) is 0 Å². The van der Waals surface area contributed by atoms with Crippen LogP contribution in [0.25, 0.3) is 0 Å². The number of hydrogen-bond donors (Lipinski definition) is 1. The van der Waals surface area contributed by atoms with Crippen molar-refractivity contribution in [3.05, 3.63) is 69.8 Å². The lowest BCUT2D eigenvalue weighted by Gasteiger charge is -2.33. The minimum absolute atomic E-state index is 0.0951. The fraction of sp³-hybridized carbons (Fsp3) is 0.381. The standard InChI is InChI=1S/C21H25N3O5S/c1-3-20(21(25)22-19-13-6-9-15-8-4-5-12-18(15)19)23(30(2,28)29)16-10-7-11-17(14-16)24(26)27/h4-5,7-8,10-12,14,19-20H,3,6,9,13H2,1-2H3,(H,22,25). The van der Waals surface area contributed by atoms with Crippen LogP contribution >= 0.6 is 0 Å². The molecule has 8 nitrogen and oxygen atoms in total. The zero-order valence-corrected chi connectivity index (χ0v) is 17.8. The first-order valence-electron chi connectivity index (χ1n) is 9.84. The molecule has 0 aromatic heterocycles. The lowest BCUT2D eigenvalue weighted by molar-refractivity contribution is -0.384. The van der Waals surface area contributed by atoms with E-state index < -0.39 is 26.9 Å². The highest BCUT2D eigenvalue weighted by Gasteiger charge is 2.34. The number of sulfonamides is 1. The minimum atomic E-state index is -3.87. The van der Waals surface area contributed by atoms with E-state index in [2.05, 4.69) is 5.32 Å². The molecule has 0 saturated heterocycles. The molecule has 3 rings (SSSR count). The van der Waals surface area contributed by atoms with Crippen molar-refractivity contribution >= 4 is 27.3 Å². The SMILES string of the molecule is CCC(C(=O)NC1CCCc2ccccc21)N(c1cccc([N+](=O)[O-])c1)S(C)(=O)=O. The molecule has 1 aliphatic rings. The number of aryl methyl sites for hydroxylation is 1. The largest absolute Gasteiger partial charge is 0.347 e. The monoisotopic (exact) mass is 431 g/mol. The van der Waals surface area contributed by atoms with Gasteiger partial charge in [-0.15, -0.1) is 0 Å². The number of rotatable bonds is 7. The molecule has 0 heterocycles. The number of nitrogens with one attached hydrogen (secondary N) is 1. The highest BCUT2D eigenvalue weighted by atomic mass is 32.2. The minimum Gasteiger partial charge on any atom is -0.347 e. The first-order valence-corrected chi connectivity index (χ1v) is 11.7. The summed E-state index contributed by atoms with van der Waals surface area (Å²) < 4.78 is 26.1. The molecule has 0 radical (unpaired) electrons. The summed E-state index contributed by atoms with van der Waals surface area (Å²) in [6.07, 6.45) is 3.87. The van der Waals surface area contributed by atoms with E-state index in [0.717, 1.165) is 35.4 Å². The van der Waals surface area contributed by atoms with Crippen LogP contribution in [0.4, 0.5) is 11.4 Å². The average Bonchev–Trinajstić information content (AvgIpc) is 2.71. The van der Waals surface area contributed by atoms with Crippen LogP contribution in [-0.2, 0) is 21.2 Å². The summed E-state index contributed by atoms with van der Waals surface area (Å²) in [5.41, 5.74) is 2.09. The molecule has 160 valence electrons. The van der Waals surface area contributed by atoms with Crippen LogP contribution in [0.1, 0.15) is 43.4 Å². The molecule has 2 unspecified atom stereocenters. The van der Waals surface area contributed by atoms with E-state index in [0.29, 0.717) is 0 Å². The molecule has 0 fully saturated rings. The molecular weight excluding hydrogens is 406 g/mol. The number of anilines is 1. The third kappa shape index (κ3) is 4.62. The number of fused-ring (bicyclic) bond motifs is 1. The maximum absolute atomic E-state index is 13.2. The second-order valence-electron chi connectivity index (χ2n) is 7.41. The van der Waals surface area contributed by atoms with Crippen LogP contribution in [0.15, 0.2) is 48.5 Å². The van der Waals surface area contributed by atoms with Gasteiger partial charge in [0.25, 0.3) is 5.69 Å². The quantitative estimate of drug-likeness (QED) is 0.534. The Morgan fingerprint density at radius 2 is 2.00 bits per heavy atom. The normalized spacial score (nSPS) is 16.9. The number of nitro benzene ring substituents is 1. The molecule has 1 aliphatic carbocycles. The fourth-order valence-electron chi connectivity index (χ4n) is 3.98. The third-order valence-corrected chi connectivity index (χ3v) is 6.49. The zero-order chi connectivity index (χ0) is 21.9. The van der Waals surface area contributed by atoms with E-state index in [9.17, 15) is 23.3 Å². The van der Waals surface area contributed by atoms with Crippen LogP contribution in [0, 0.1) is 10.1 Å². The van der Waals surface area contributed by atoms with E-state index in [1.807, 2.05) is 24.3 Å². The number of carbonyl (C=O) groups excluding carboxylic acids is 1. The highest BCUT2D eigenvalue weighted by Crippen LogP contribution is 2.31. The van der Waals surface area contributed by atoms with Crippen LogP contribution < -0.4 is 9.62 Å². The zero-order valence-electron chi connectivity index (χ0n) is 16.9. The molecule has 0 bridgehead atoms. The summed E-state index contributed by atoms with van der Waals surface area (Å²) in [7, 11) is -3.87. The van der Waals surface area contributed by atoms with E-state index >= 15 is 0 Å². The van der Waals surface area contributed by atoms with Gasteiger partial charge in [0, 0.05) is 12.1 Å². The highest BCUT2D eigenvalue weighted by molar-refractivity contribution is 7.92. The van der Waals surface area contributed by atoms with Crippen molar-refractivity contribution < 1.29 is 18.1 Å². The first-order chi connectivity index (χ1) is 14.2. The number of hydrogen-bond acceptors (Lipinski definition) is 5. The summed E-state index contributed by atoms with van der Waals surface area (Å²) in [6.45, 7) is 1.72. The number of non-ortho nitro benzene ring substituents is 1. The summed E-state index contributed by atoms with van der Waals surface area (Å²) >= 11 is 0. The molecule has 1 N–H and O–H groups in total. The van der Waals surface area contributed by atoms with Gasteiger partial charge < -0.3 is 5.32 Å². The van der Waals surface area contributed by atoms with Crippen molar-refractivity contribution in [1.29, 1.82) is 0 Å². The van der Waals surface area contributed by atoms with Gasteiger partial charge in [-0.25, -0.2) is 8.42 Å². The molecule has 30 heavy (non-hydrogen) atoms. The topological polar surface area (TPSA) is 110 Å². The number of amides is 1. The number of carbonyl (C=O) groups is 1. The molecule has 1 amide bonds. The van der Waals surface area contributed by atoms with E-state index in [4.69, 9.17) is 0 Å². The molecule has 2 aromatic carbocycles. The number of nitro groups is 1. The van der Waals surface area contributed by atoms with Crippen molar-refractivity contribution in [2.24, 2.45) is 0 Å². The van der Waals surface area contributed by atoms with Crippen LogP contribution in [0.5, 0.6) is 0 Å². The Kier molecular flexibility index (Phi) is 6.40. The molecule has 0 aliphatic heterocycles. The van der Waals surface area contributed by atoms with Gasteiger partial charge in [0.05, 0.1) is 22.9 Å². The van der Waals surface area contributed by atoms with Crippen molar-refractivity contribution in [2.75, 3.05) is 10.6 Å². The maximum atomic E-state index is 13.2. The van der Waals surface area contributed by atoms with Crippen LogP contribution in [0.2, 0.25) is 0 Å². The summed E-state index contributed by atoms with van der Waals surface area (Å²) in [4.78, 5) is 23.7. The Morgan fingerprint density at radius 1 is 1.27 bits per heavy atom. The lowest BCUT2D eigenvalue weighted by atomic mass is 9.87. The summed E-state index contributed by atoms with van der Waals surface area (Å²) in [5.74, 6) is -0.420. The molecule has 2 atom stereocenters. The second-order valence-corrected chi connectivity index (χ2v) is 9.27. The van der Waals surface area contributed by atoms with Crippen LogP contribution in [-0.4, -0.2) is 31.5 Å². The molecule has 0 saturated carbocycles. The van der Waals surface area contributed by atoms with Crippen molar-refractivity contribution in [3.63, 3.8) is 0 Å². The number of benzene rings is 2. The van der Waals surface area contributed by atoms with E-state index in [1.54, 1.807) is 6.92 Å². The van der Waals surface area contributed by atoms with Gasteiger partial charge in [0.15, 0.2) is 0 Å². The van der Waals surface area contributed by atoms with Gasteiger partial charge in [-0.2, -0.15) is 0 Å². The Bertz CT molecular complexity index is 1050. The fourth-order valence-corrected chi connectivity index (χ4v) is 5.18. The summed E-state index contributed by atoms with van der Waals surface area (Å²) in [6, 6.07) is 12.0. The predicted octanol–water partition coefficient (Wildman–Crippen LogP) is 3.33. The van der Waals surface area contributed by atoms with Crippen molar-refractivity contribution in [2.45, 2.75) is 44.7 Å². The third-order valence-electron chi connectivity index (χ3n) is 5.31. The van der Waals surface area contributed by atoms with Gasteiger partial charge in [-0.05, 0) is 42.9 Å². The Labute approximate surface area is 176 Å². The Hall–Kier alpha value is -2.94. The van der Waals surface area contributed by atoms with E-state index in [-0.39, 0.29) is 23.8 Å². The smallest absolute Gasteiger partial charge is 0.271 e. The van der Waals surface area contributed by atoms with E-state index in [1.165, 1.54) is 29.8 Å². The second kappa shape index (κ2) is 8.83. The van der Waals surface area contributed by atoms with Gasteiger partial charge in [-0.3, -0.25) is 19.2 Å². The number of nitrogens with zero attached hydrogens (tertiary/aromatic N) is 2. The maximum Gasteiger partial charge on any atom is 0.271 e. The summed E-state index contributed by atoms with van der Waals surface area (Å²) in [5, 5.41) is 14.1. The van der Waals surface area contributed by atoms with Gasteiger partial charge >= 0.3 is 0 Å². The Balaban J connectivity index is 1.92. The Morgan fingerprint density at radius 3 is 2.67 bits per heavy atom. The first kappa shape index (κ1) is 21.8. The lowest BCUT2D eigenvalue weighted by Crippen LogP contribution is -2.50. The van der Waals surface area contributed by atoms with Crippen molar-refractivity contribution in [3.8, 4) is 0 Å². The van der Waals surface area contributed by atoms with Gasteiger partial charge in [-0.1, -0.05) is 37.3 Å². The molecule has 9 heteroatoms. The molecule has 0 spiro atoms. The van der Waals surface area contributed by atoms with Gasteiger partial charge in [0.2, 0.25) is 15.9 Å².